The molecule has 6 heteroatoms. The van der Waals surface area contributed by atoms with Crippen LogP contribution >= 0.6 is 0 Å². The van der Waals surface area contributed by atoms with Crippen molar-refractivity contribution in [1.29, 1.82) is 0 Å². The van der Waals surface area contributed by atoms with Gasteiger partial charge in [0.2, 0.25) is 0 Å². The van der Waals surface area contributed by atoms with Gasteiger partial charge in [-0.2, -0.15) is 0 Å². The predicted octanol–water partition coefficient (Wildman–Crippen LogP) is 1.31. The molecular formula is C13H24N2O4. The lowest BCUT2D eigenvalue weighted by atomic mass is 10.0. The minimum atomic E-state index is -1.02. The molecule has 6 nitrogen and oxygen atoms in total. The number of nitrogens with one attached hydrogen (secondary N) is 1. The Labute approximate surface area is 114 Å². The number of hydrogen-bond acceptors (Lipinski definition) is 3. The first kappa shape index (κ1) is 15.8. The van der Waals surface area contributed by atoms with E-state index in [4.69, 9.17) is 9.84 Å². The van der Waals surface area contributed by atoms with E-state index in [1.54, 1.807) is 4.90 Å². The van der Waals surface area contributed by atoms with Gasteiger partial charge >= 0.3 is 12.0 Å². The van der Waals surface area contributed by atoms with E-state index in [1.165, 1.54) is 7.11 Å². The number of urea groups is 1. The predicted molar refractivity (Wildman–Crippen MR) is 71.0 cm³/mol. The molecule has 2 atom stereocenters. The largest absolute Gasteiger partial charge is 0.480 e. The highest BCUT2D eigenvalue weighted by Crippen LogP contribution is 2.23. The Balaban J connectivity index is 2.58. The topological polar surface area (TPSA) is 78.9 Å². The summed E-state index contributed by atoms with van der Waals surface area (Å²) < 4.78 is 4.86. The van der Waals surface area contributed by atoms with Crippen LogP contribution in [0.25, 0.3) is 0 Å². The molecule has 0 aromatic heterocycles. The number of hydrogen-bond donors (Lipinski definition) is 2. The third-order valence-corrected chi connectivity index (χ3v) is 3.54. The minimum absolute atomic E-state index is 0.205. The van der Waals surface area contributed by atoms with E-state index in [1.807, 2.05) is 0 Å². The van der Waals surface area contributed by atoms with Crippen molar-refractivity contribution >= 4 is 12.0 Å². The van der Waals surface area contributed by atoms with E-state index in [0.717, 1.165) is 12.8 Å². The second-order valence-electron chi connectivity index (χ2n) is 5.27. The number of carbonyl (C=O) groups is 2. The summed E-state index contributed by atoms with van der Waals surface area (Å²) in [6, 6.07) is -0.961. The molecule has 1 rings (SSSR count). The number of methoxy groups -OCH3 is 1. The Kier molecular flexibility index (Phi) is 6.08. The van der Waals surface area contributed by atoms with Crippen molar-refractivity contribution in [1.82, 2.24) is 10.2 Å². The fraction of sp³-hybridized carbons (Fsp3) is 0.846. The van der Waals surface area contributed by atoms with Gasteiger partial charge in [-0.1, -0.05) is 13.8 Å². The molecule has 1 aliphatic heterocycles. The molecule has 0 spiro atoms. The van der Waals surface area contributed by atoms with Crippen LogP contribution in [0.2, 0.25) is 0 Å². The van der Waals surface area contributed by atoms with E-state index >= 15 is 0 Å². The molecule has 0 aromatic rings. The van der Waals surface area contributed by atoms with E-state index in [-0.39, 0.29) is 18.5 Å². The molecule has 1 aliphatic rings. The molecule has 2 N–H and O–H groups in total. The van der Waals surface area contributed by atoms with Crippen LogP contribution in [0.1, 0.15) is 33.1 Å². The normalized spacial score (nSPS) is 20.6. The maximum Gasteiger partial charge on any atom is 0.326 e. The number of carbonyl (C=O) groups excluding carboxylic acids is 1. The summed E-state index contributed by atoms with van der Waals surface area (Å²) in [5.41, 5.74) is 0. The van der Waals surface area contributed by atoms with Crippen LogP contribution in [-0.4, -0.2) is 54.4 Å². The van der Waals surface area contributed by atoms with E-state index in [9.17, 15) is 9.59 Å². The summed E-state index contributed by atoms with van der Waals surface area (Å²) in [6.45, 7) is 5.17. The van der Waals surface area contributed by atoms with Crippen LogP contribution in [0.3, 0.4) is 0 Å². The zero-order valence-electron chi connectivity index (χ0n) is 11.9. The standard InChI is InChI=1S/C13H24N2O4/c1-9(2)11-5-4-7-15(11)13(18)14-10(12(16)17)6-8-19-3/h9-11H,4-8H2,1-3H3,(H,14,18)(H,16,17). The molecule has 1 saturated heterocycles. The van der Waals surface area contributed by atoms with Crippen molar-refractivity contribution < 1.29 is 19.4 Å². The number of aliphatic carboxylic acids is 1. The zero-order valence-corrected chi connectivity index (χ0v) is 11.9. The zero-order chi connectivity index (χ0) is 14.4. The van der Waals surface area contributed by atoms with Gasteiger partial charge in [-0.3, -0.25) is 0 Å². The van der Waals surface area contributed by atoms with Crippen LogP contribution in [0.5, 0.6) is 0 Å². The SMILES string of the molecule is COCCC(NC(=O)N1CCCC1C(C)C)C(=O)O. The van der Waals surface area contributed by atoms with Crippen molar-refractivity contribution in [2.24, 2.45) is 5.92 Å². The maximum absolute atomic E-state index is 12.1. The smallest absolute Gasteiger partial charge is 0.326 e. The lowest BCUT2D eigenvalue weighted by Crippen LogP contribution is -2.50. The van der Waals surface area contributed by atoms with Crippen LogP contribution in [-0.2, 0) is 9.53 Å². The number of likely N-dealkylation sites (tertiary alicyclic amines) is 1. The van der Waals surface area contributed by atoms with Crippen LogP contribution in [0.15, 0.2) is 0 Å². The van der Waals surface area contributed by atoms with Crippen LogP contribution < -0.4 is 5.32 Å². The number of carboxylic acids is 1. The highest BCUT2D eigenvalue weighted by molar-refractivity contribution is 5.82. The molecule has 110 valence electrons. The first-order chi connectivity index (χ1) is 8.97. The van der Waals surface area contributed by atoms with E-state index < -0.39 is 12.0 Å². The molecule has 1 fully saturated rings. The third-order valence-electron chi connectivity index (χ3n) is 3.54. The number of carboxylic acid groups (broad SMARTS) is 1. The first-order valence-electron chi connectivity index (χ1n) is 6.76. The van der Waals surface area contributed by atoms with Crippen LogP contribution in [0, 0.1) is 5.92 Å². The van der Waals surface area contributed by atoms with Gasteiger partial charge in [0, 0.05) is 32.7 Å². The Morgan fingerprint density at radius 2 is 2.16 bits per heavy atom. The lowest BCUT2D eigenvalue weighted by Gasteiger charge is -2.29. The van der Waals surface area contributed by atoms with E-state index in [2.05, 4.69) is 19.2 Å². The van der Waals surface area contributed by atoms with Gasteiger partial charge in [-0.15, -0.1) is 0 Å². The van der Waals surface area contributed by atoms with Crippen LogP contribution in [0.4, 0.5) is 4.79 Å². The summed E-state index contributed by atoms with van der Waals surface area (Å²) in [5, 5.41) is 11.7. The van der Waals surface area contributed by atoms with Gasteiger partial charge in [0.15, 0.2) is 0 Å². The molecule has 1 heterocycles. The number of ether oxygens (including phenoxy) is 1. The number of rotatable bonds is 6. The average molecular weight is 272 g/mol. The number of nitrogens with zero attached hydrogens (tertiary/aromatic N) is 1. The minimum Gasteiger partial charge on any atom is -0.480 e. The Morgan fingerprint density at radius 3 is 2.68 bits per heavy atom. The molecule has 0 bridgehead atoms. The maximum atomic E-state index is 12.1. The molecular weight excluding hydrogens is 248 g/mol. The number of amides is 2. The van der Waals surface area contributed by atoms with Crippen molar-refractivity contribution in [2.75, 3.05) is 20.3 Å². The second-order valence-corrected chi connectivity index (χ2v) is 5.27. The highest BCUT2D eigenvalue weighted by Gasteiger charge is 2.32. The summed E-state index contributed by atoms with van der Waals surface area (Å²) >= 11 is 0. The monoisotopic (exact) mass is 272 g/mol. The Hall–Kier alpha value is -1.30. The lowest BCUT2D eigenvalue weighted by molar-refractivity contribution is -0.139. The summed E-state index contributed by atoms with van der Waals surface area (Å²) in [7, 11) is 1.51. The van der Waals surface area contributed by atoms with Crippen molar-refractivity contribution in [3.63, 3.8) is 0 Å². The molecule has 2 amide bonds. The van der Waals surface area contributed by atoms with Gasteiger partial charge in [-0.25, -0.2) is 9.59 Å². The highest BCUT2D eigenvalue weighted by atomic mass is 16.5. The third kappa shape index (κ3) is 4.38. The first-order valence-corrected chi connectivity index (χ1v) is 6.76. The summed E-state index contributed by atoms with van der Waals surface area (Å²) in [6.07, 6.45) is 2.24. The molecule has 19 heavy (non-hydrogen) atoms. The van der Waals surface area contributed by atoms with Gasteiger partial charge in [-0.05, 0) is 18.8 Å². The van der Waals surface area contributed by atoms with Crippen molar-refractivity contribution in [3.8, 4) is 0 Å². The van der Waals surface area contributed by atoms with Crippen molar-refractivity contribution in [2.45, 2.75) is 45.2 Å². The summed E-state index contributed by atoms with van der Waals surface area (Å²) in [4.78, 5) is 25.0. The molecule has 0 saturated carbocycles. The molecule has 2 unspecified atom stereocenters. The Bertz CT molecular complexity index is 320. The van der Waals surface area contributed by atoms with Crippen molar-refractivity contribution in [3.05, 3.63) is 0 Å². The van der Waals surface area contributed by atoms with Gasteiger partial charge in [0.1, 0.15) is 6.04 Å². The second kappa shape index (κ2) is 7.33. The van der Waals surface area contributed by atoms with Gasteiger partial charge in [0.25, 0.3) is 0 Å². The van der Waals surface area contributed by atoms with Gasteiger partial charge < -0.3 is 20.1 Å². The molecule has 0 radical (unpaired) electrons. The fourth-order valence-electron chi connectivity index (χ4n) is 2.46. The fourth-order valence-corrected chi connectivity index (χ4v) is 2.46. The van der Waals surface area contributed by atoms with E-state index in [0.29, 0.717) is 19.1 Å². The quantitative estimate of drug-likeness (QED) is 0.764. The molecule has 0 aliphatic carbocycles. The van der Waals surface area contributed by atoms with Gasteiger partial charge in [0.05, 0.1) is 0 Å². The average Bonchev–Trinajstić information content (AvgIpc) is 2.83. The molecule has 0 aromatic carbocycles. The summed E-state index contributed by atoms with van der Waals surface area (Å²) in [5.74, 6) is -0.638. The Morgan fingerprint density at radius 1 is 1.47 bits per heavy atom.